The topological polar surface area (TPSA) is 111 Å². The van der Waals surface area contributed by atoms with E-state index < -0.39 is 15.1 Å². The highest BCUT2D eigenvalue weighted by molar-refractivity contribution is 7.91. The fraction of sp³-hybridized carbons (Fsp3) is 0.231. The molecule has 0 bridgehead atoms. The molecule has 1 amide bonds. The van der Waals surface area contributed by atoms with Gasteiger partial charge in [0.15, 0.2) is 14.9 Å². The van der Waals surface area contributed by atoms with Crippen LogP contribution in [0.4, 0.5) is 0 Å². The summed E-state index contributed by atoms with van der Waals surface area (Å²) in [6.45, 7) is 3.24. The van der Waals surface area contributed by atoms with Crippen molar-refractivity contribution in [2.75, 3.05) is 0 Å². The minimum absolute atomic E-state index is 0.0364. The van der Waals surface area contributed by atoms with Gasteiger partial charge in [-0.15, -0.1) is 0 Å². The molecule has 3 aromatic heterocycles. The van der Waals surface area contributed by atoms with Crippen molar-refractivity contribution in [1.29, 1.82) is 0 Å². The van der Waals surface area contributed by atoms with Crippen molar-refractivity contribution in [2.24, 2.45) is 0 Å². The van der Waals surface area contributed by atoms with Crippen molar-refractivity contribution in [2.45, 2.75) is 43.0 Å². The van der Waals surface area contributed by atoms with Crippen molar-refractivity contribution < 1.29 is 13.2 Å². The average molecular weight is 489 g/mol. The summed E-state index contributed by atoms with van der Waals surface area (Å²) >= 11 is 0. The van der Waals surface area contributed by atoms with Gasteiger partial charge in [0, 0.05) is 35.9 Å². The molecule has 0 radical (unpaired) electrons. The van der Waals surface area contributed by atoms with Crippen LogP contribution in [0, 0.1) is 0 Å². The number of fused-ring (bicyclic) bond motifs is 1. The first-order valence-electron chi connectivity index (χ1n) is 11.4. The Kier molecular flexibility index (Phi) is 5.72. The van der Waals surface area contributed by atoms with E-state index in [0.717, 1.165) is 24.0 Å². The second-order valence-electron chi connectivity index (χ2n) is 8.89. The van der Waals surface area contributed by atoms with Crippen LogP contribution < -0.4 is 10.7 Å². The zero-order valence-electron chi connectivity index (χ0n) is 19.3. The van der Waals surface area contributed by atoms with E-state index in [1.165, 1.54) is 18.5 Å². The number of carbonyl (C=O) groups excluding carboxylic acids is 1. The zero-order chi connectivity index (χ0) is 24.7. The molecular formula is C26H24N4O4S. The number of hydrogen-bond donors (Lipinski definition) is 1. The zero-order valence-corrected chi connectivity index (χ0v) is 20.1. The quantitative estimate of drug-likeness (QED) is 0.445. The van der Waals surface area contributed by atoms with Gasteiger partial charge in [-0.1, -0.05) is 12.1 Å². The molecule has 0 saturated heterocycles. The van der Waals surface area contributed by atoms with Crippen LogP contribution in [0.1, 0.15) is 37.0 Å². The normalized spacial score (nSPS) is 13.8. The number of hydrogen-bond acceptors (Lipinski definition) is 6. The second kappa shape index (κ2) is 8.74. The first-order chi connectivity index (χ1) is 16.8. The maximum Gasteiger partial charge on any atom is 0.257 e. The fourth-order valence-electron chi connectivity index (χ4n) is 3.81. The minimum atomic E-state index is -3.46. The average Bonchev–Trinajstić information content (AvgIpc) is 3.68. The van der Waals surface area contributed by atoms with Crippen LogP contribution in [0.3, 0.4) is 0 Å². The van der Waals surface area contributed by atoms with Gasteiger partial charge in [0.1, 0.15) is 11.2 Å². The highest BCUT2D eigenvalue weighted by atomic mass is 32.2. The van der Waals surface area contributed by atoms with Gasteiger partial charge in [-0.3, -0.25) is 9.59 Å². The lowest BCUT2D eigenvalue weighted by atomic mass is 10.1. The maximum atomic E-state index is 13.0. The molecule has 0 atom stereocenters. The van der Waals surface area contributed by atoms with Crippen LogP contribution >= 0.6 is 0 Å². The van der Waals surface area contributed by atoms with Crippen molar-refractivity contribution in [1.82, 2.24) is 19.9 Å². The largest absolute Gasteiger partial charge is 0.349 e. The Balaban J connectivity index is 1.59. The Morgan fingerprint density at radius 3 is 2.54 bits per heavy atom. The second-order valence-corrected chi connectivity index (χ2v) is 11.3. The Morgan fingerprint density at radius 2 is 1.86 bits per heavy atom. The lowest BCUT2D eigenvalue weighted by Crippen LogP contribution is -2.31. The van der Waals surface area contributed by atoms with Crippen molar-refractivity contribution >= 4 is 26.8 Å². The predicted octanol–water partition coefficient (Wildman–Crippen LogP) is 3.52. The Morgan fingerprint density at radius 1 is 1.06 bits per heavy atom. The van der Waals surface area contributed by atoms with E-state index in [9.17, 15) is 18.0 Å². The van der Waals surface area contributed by atoms with Gasteiger partial charge in [0.25, 0.3) is 5.91 Å². The number of carbonyl (C=O) groups is 1. The summed E-state index contributed by atoms with van der Waals surface area (Å²) in [6, 6.07) is 14.2. The van der Waals surface area contributed by atoms with E-state index >= 15 is 0 Å². The summed E-state index contributed by atoms with van der Waals surface area (Å²) in [4.78, 5) is 34.4. The Bertz CT molecular complexity index is 1600. The summed E-state index contributed by atoms with van der Waals surface area (Å²) in [5.74, 6) is -0.390. The van der Waals surface area contributed by atoms with Gasteiger partial charge in [-0.05, 0) is 68.7 Å². The van der Waals surface area contributed by atoms with E-state index in [4.69, 9.17) is 0 Å². The summed E-state index contributed by atoms with van der Waals surface area (Å²) in [7, 11) is -3.46. The van der Waals surface area contributed by atoms with Gasteiger partial charge >= 0.3 is 0 Å². The standard InChI is InChI=1S/C26H24N4O4S/c1-16(2)35(33,34)23-11-8-18(14-28-23)17-5-3-6-20(13-17)30-15-22(26(32)29-19-9-10-19)24(31)21-7-4-12-27-25(21)30/h3-8,11-16,19H,9-10H2,1-2H3,(H,29,32). The third-order valence-electron chi connectivity index (χ3n) is 6.03. The summed E-state index contributed by atoms with van der Waals surface area (Å²) in [5.41, 5.74) is 2.38. The highest BCUT2D eigenvalue weighted by Crippen LogP contribution is 2.25. The van der Waals surface area contributed by atoms with Gasteiger partial charge in [-0.2, -0.15) is 0 Å². The molecule has 0 aliphatic heterocycles. The van der Waals surface area contributed by atoms with Gasteiger partial charge in [0.05, 0.1) is 10.6 Å². The molecule has 35 heavy (non-hydrogen) atoms. The number of aromatic nitrogens is 3. The number of pyridine rings is 3. The summed E-state index contributed by atoms with van der Waals surface area (Å²) < 4.78 is 26.5. The first-order valence-corrected chi connectivity index (χ1v) is 12.9. The van der Waals surface area contributed by atoms with E-state index in [1.807, 2.05) is 24.3 Å². The van der Waals surface area contributed by atoms with Gasteiger partial charge in [0.2, 0.25) is 5.43 Å². The monoisotopic (exact) mass is 488 g/mol. The molecule has 1 N–H and O–H groups in total. The summed E-state index contributed by atoms with van der Waals surface area (Å²) in [6.07, 6.45) is 6.50. The molecule has 4 aromatic rings. The molecule has 1 aliphatic carbocycles. The van der Waals surface area contributed by atoms with E-state index in [0.29, 0.717) is 16.7 Å². The predicted molar refractivity (Wildman–Crippen MR) is 133 cm³/mol. The van der Waals surface area contributed by atoms with E-state index in [1.54, 1.807) is 42.8 Å². The van der Waals surface area contributed by atoms with Gasteiger partial charge in [-0.25, -0.2) is 18.4 Å². The third-order valence-corrected chi connectivity index (χ3v) is 8.09. The molecule has 1 aromatic carbocycles. The van der Waals surface area contributed by atoms with Crippen LogP contribution in [0.2, 0.25) is 0 Å². The molecule has 178 valence electrons. The molecule has 9 heteroatoms. The first kappa shape index (κ1) is 22.9. The highest BCUT2D eigenvalue weighted by Gasteiger charge is 2.26. The fourth-order valence-corrected chi connectivity index (χ4v) is 4.75. The molecule has 3 heterocycles. The third kappa shape index (κ3) is 4.35. The van der Waals surface area contributed by atoms with Crippen LogP contribution in [0.25, 0.3) is 27.8 Å². The van der Waals surface area contributed by atoms with Crippen LogP contribution in [-0.2, 0) is 9.84 Å². The number of rotatable bonds is 6. The van der Waals surface area contributed by atoms with Crippen LogP contribution in [0.15, 0.2) is 76.9 Å². The molecular weight excluding hydrogens is 464 g/mol. The molecule has 1 fully saturated rings. The van der Waals surface area contributed by atoms with E-state index in [-0.39, 0.29) is 28.0 Å². The molecule has 0 spiro atoms. The molecule has 5 rings (SSSR count). The van der Waals surface area contributed by atoms with E-state index in [2.05, 4.69) is 15.3 Å². The Hall–Kier alpha value is -3.85. The maximum absolute atomic E-state index is 13.0. The van der Waals surface area contributed by atoms with Crippen molar-refractivity contribution in [3.05, 3.63) is 82.9 Å². The smallest absolute Gasteiger partial charge is 0.257 e. The number of benzene rings is 1. The van der Waals surface area contributed by atoms with Gasteiger partial charge < -0.3 is 9.88 Å². The number of sulfone groups is 1. The molecule has 0 unspecified atom stereocenters. The van der Waals surface area contributed by atoms with Crippen molar-refractivity contribution in [3.63, 3.8) is 0 Å². The molecule has 8 nitrogen and oxygen atoms in total. The lowest BCUT2D eigenvalue weighted by molar-refractivity contribution is 0.0949. The molecule has 1 saturated carbocycles. The lowest BCUT2D eigenvalue weighted by Gasteiger charge is -2.14. The SMILES string of the molecule is CC(C)S(=O)(=O)c1ccc(-c2cccc(-n3cc(C(=O)NC4CC4)c(=O)c4cccnc43)c2)cn1. The summed E-state index contributed by atoms with van der Waals surface area (Å²) in [5, 5.41) is 2.72. The number of amides is 1. The Labute approximate surface area is 202 Å². The number of nitrogens with zero attached hydrogens (tertiary/aromatic N) is 3. The van der Waals surface area contributed by atoms with Crippen LogP contribution in [0.5, 0.6) is 0 Å². The number of nitrogens with one attached hydrogen (secondary N) is 1. The van der Waals surface area contributed by atoms with Crippen LogP contribution in [-0.4, -0.2) is 40.2 Å². The molecule has 1 aliphatic rings. The minimum Gasteiger partial charge on any atom is -0.349 e. The van der Waals surface area contributed by atoms with Crippen molar-refractivity contribution in [3.8, 4) is 16.8 Å².